The number of nitrogens with two attached hydrogens (primary N) is 1. The summed E-state index contributed by atoms with van der Waals surface area (Å²) in [6.45, 7) is 1.99. The van der Waals surface area contributed by atoms with Gasteiger partial charge in [-0.1, -0.05) is 18.2 Å². The van der Waals surface area contributed by atoms with Crippen molar-refractivity contribution < 1.29 is 0 Å². The highest BCUT2D eigenvalue weighted by Gasteiger charge is 2.03. The third-order valence-electron chi connectivity index (χ3n) is 2.17. The number of hydrogen-bond donors (Lipinski definition) is 1. The third kappa shape index (κ3) is 2.81. The summed E-state index contributed by atoms with van der Waals surface area (Å²) in [6, 6.07) is 10.1. The molecule has 0 bridgehead atoms. The highest BCUT2D eigenvalue weighted by molar-refractivity contribution is 5.85. The number of nitrogens with zero attached hydrogens (tertiary/aromatic N) is 1. The first-order valence-electron chi connectivity index (χ1n) is 4.38. The molecule has 1 unspecified atom stereocenters. The van der Waals surface area contributed by atoms with Crippen LogP contribution in [0.25, 0.3) is 10.9 Å². The second kappa shape index (κ2) is 5.91. The molecule has 0 aliphatic carbocycles. The number of fused-ring (bicyclic) bond motifs is 1. The first kappa shape index (κ1) is 14.2. The molecule has 1 aromatic carbocycles. The van der Waals surface area contributed by atoms with Crippen molar-refractivity contribution in [2.24, 2.45) is 5.73 Å². The third-order valence-corrected chi connectivity index (χ3v) is 2.17. The average Bonchev–Trinajstić information content (AvgIpc) is 2.17. The van der Waals surface area contributed by atoms with Crippen LogP contribution in [0.2, 0.25) is 0 Å². The van der Waals surface area contributed by atoms with E-state index < -0.39 is 0 Å². The zero-order chi connectivity index (χ0) is 9.26. The Bertz CT molecular complexity index is 424. The smallest absolute Gasteiger partial charge is 0.0705 e. The second-order valence-electron chi connectivity index (χ2n) is 3.21. The molecule has 2 rings (SSSR count). The van der Waals surface area contributed by atoms with Gasteiger partial charge in [-0.05, 0) is 24.6 Å². The zero-order valence-corrected chi connectivity index (χ0v) is 10.0. The monoisotopic (exact) mass is 244 g/mol. The Morgan fingerprint density at radius 3 is 2.53 bits per heavy atom. The van der Waals surface area contributed by atoms with E-state index in [0.29, 0.717) is 0 Å². The van der Waals surface area contributed by atoms with E-state index in [1.165, 1.54) is 0 Å². The van der Waals surface area contributed by atoms with Gasteiger partial charge in [0, 0.05) is 17.6 Å². The molecule has 15 heavy (non-hydrogen) atoms. The highest BCUT2D eigenvalue weighted by atomic mass is 35.5. The molecule has 0 fully saturated rings. The molecule has 0 radical (unpaired) electrons. The van der Waals surface area contributed by atoms with Crippen molar-refractivity contribution in [1.82, 2.24) is 4.98 Å². The topological polar surface area (TPSA) is 38.9 Å². The average molecular weight is 245 g/mol. The minimum absolute atomic E-state index is 0. The van der Waals surface area contributed by atoms with Gasteiger partial charge in [0.05, 0.1) is 5.52 Å². The minimum atomic E-state index is 0. The minimum Gasteiger partial charge on any atom is -0.324 e. The van der Waals surface area contributed by atoms with Gasteiger partial charge in [0.25, 0.3) is 0 Å². The van der Waals surface area contributed by atoms with Crippen LogP contribution in [0.4, 0.5) is 0 Å². The highest BCUT2D eigenvalue weighted by Crippen LogP contribution is 2.20. The Morgan fingerprint density at radius 2 is 1.87 bits per heavy atom. The molecule has 1 aromatic heterocycles. The summed E-state index contributed by atoms with van der Waals surface area (Å²) in [7, 11) is 0. The van der Waals surface area contributed by atoms with Gasteiger partial charge in [-0.2, -0.15) is 0 Å². The Balaban J connectivity index is 0.000000980. The number of aromatic nitrogens is 1. The first-order valence-corrected chi connectivity index (χ1v) is 4.38. The van der Waals surface area contributed by atoms with E-state index in [9.17, 15) is 0 Å². The van der Waals surface area contributed by atoms with Gasteiger partial charge in [0.2, 0.25) is 0 Å². The van der Waals surface area contributed by atoms with Crippen molar-refractivity contribution in [2.75, 3.05) is 0 Å². The number of pyridine rings is 1. The van der Waals surface area contributed by atoms with Crippen molar-refractivity contribution in [3.63, 3.8) is 0 Å². The van der Waals surface area contributed by atoms with Gasteiger partial charge >= 0.3 is 0 Å². The lowest BCUT2D eigenvalue weighted by atomic mass is 10.0. The van der Waals surface area contributed by atoms with Gasteiger partial charge in [0.1, 0.15) is 0 Å². The largest absolute Gasteiger partial charge is 0.324 e. The molecule has 2 aromatic rings. The van der Waals surface area contributed by atoms with Crippen LogP contribution in [0.3, 0.4) is 0 Å². The fourth-order valence-corrected chi connectivity index (χ4v) is 1.52. The quantitative estimate of drug-likeness (QED) is 0.838. The van der Waals surface area contributed by atoms with Crippen LogP contribution in [0.1, 0.15) is 18.5 Å². The Morgan fingerprint density at radius 1 is 1.13 bits per heavy atom. The normalized spacial score (nSPS) is 11.3. The SMILES string of the molecule is CC(N)c1cccc2ncccc12.Cl.Cl. The van der Waals surface area contributed by atoms with Crippen molar-refractivity contribution in [1.29, 1.82) is 0 Å². The van der Waals surface area contributed by atoms with Crippen LogP contribution < -0.4 is 5.73 Å². The molecule has 0 saturated carbocycles. The lowest BCUT2D eigenvalue weighted by Gasteiger charge is -2.08. The van der Waals surface area contributed by atoms with E-state index in [0.717, 1.165) is 16.5 Å². The van der Waals surface area contributed by atoms with Crippen molar-refractivity contribution >= 4 is 35.7 Å². The van der Waals surface area contributed by atoms with E-state index in [1.54, 1.807) is 6.20 Å². The summed E-state index contributed by atoms with van der Waals surface area (Å²) in [6.07, 6.45) is 1.80. The molecule has 0 aliphatic heterocycles. The lowest BCUT2D eigenvalue weighted by Crippen LogP contribution is -2.05. The van der Waals surface area contributed by atoms with Crippen LogP contribution >= 0.6 is 24.8 Å². The van der Waals surface area contributed by atoms with Gasteiger partial charge in [-0.25, -0.2) is 0 Å². The molecule has 82 valence electrons. The standard InChI is InChI=1S/C11H12N2.2ClH/c1-8(12)9-4-2-6-11-10(9)5-3-7-13-11;;/h2-8H,12H2,1H3;2*1H. The molecule has 0 spiro atoms. The Kier molecular flexibility index (Phi) is 5.58. The summed E-state index contributed by atoms with van der Waals surface area (Å²) in [5, 5.41) is 1.15. The van der Waals surface area contributed by atoms with E-state index in [2.05, 4.69) is 17.1 Å². The van der Waals surface area contributed by atoms with Crippen molar-refractivity contribution in [3.8, 4) is 0 Å². The fourth-order valence-electron chi connectivity index (χ4n) is 1.52. The summed E-state index contributed by atoms with van der Waals surface area (Å²) < 4.78 is 0. The van der Waals surface area contributed by atoms with Crippen LogP contribution in [0.5, 0.6) is 0 Å². The van der Waals surface area contributed by atoms with E-state index >= 15 is 0 Å². The zero-order valence-electron chi connectivity index (χ0n) is 8.38. The van der Waals surface area contributed by atoms with E-state index in [1.807, 2.05) is 25.1 Å². The molecule has 2 nitrogen and oxygen atoms in total. The van der Waals surface area contributed by atoms with Crippen LogP contribution in [0, 0.1) is 0 Å². The van der Waals surface area contributed by atoms with Gasteiger partial charge in [-0.3, -0.25) is 4.98 Å². The number of benzene rings is 1. The maximum atomic E-state index is 5.85. The molecular formula is C11H14Cl2N2. The summed E-state index contributed by atoms with van der Waals surface area (Å²) in [4.78, 5) is 4.27. The predicted molar refractivity (Wildman–Crippen MR) is 68.8 cm³/mol. The van der Waals surface area contributed by atoms with Crippen molar-refractivity contribution in [2.45, 2.75) is 13.0 Å². The molecule has 1 heterocycles. The second-order valence-corrected chi connectivity index (χ2v) is 3.21. The molecule has 0 saturated heterocycles. The van der Waals surface area contributed by atoms with Gasteiger partial charge < -0.3 is 5.73 Å². The van der Waals surface area contributed by atoms with Crippen LogP contribution in [-0.4, -0.2) is 4.98 Å². The molecule has 2 N–H and O–H groups in total. The maximum absolute atomic E-state index is 5.85. The predicted octanol–water partition coefficient (Wildman–Crippen LogP) is 3.10. The van der Waals surface area contributed by atoms with Crippen LogP contribution in [-0.2, 0) is 0 Å². The number of rotatable bonds is 1. The lowest BCUT2D eigenvalue weighted by molar-refractivity contribution is 0.826. The fraction of sp³-hybridized carbons (Fsp3) is 0.182. The summed E-state index contributed by atoms with van der Waals surface area (Å²) in [5.41, 5.74) is 8.02. The molecule has 1 atom stereocenters. The van der Waals surface area contributed by atoms with Crippen molar-refractivity contribution in [3.05, 3.63) is 42.1 Å². The maximum Gasteiger partial charge on any atom is 0.0705 e. The summed E-state index contributed by atoms with van der Waals surface area (Å²) >= 11 is 0. The Labute approximate surface area is 102 Å². The number of hydrogen-bond acceptors (Lipinski definition) is 2. The molecule has 4 heteroatoms. The number of halogens is 2. The summed E-state index contributed by atoms with van der Waals surface area (Å²) in [5.74, 6) is 0. The van der Waals surface area contributed by atoms with Gasteiger partial charge in [0.15, 0.2) is 0 Å². The molecule has 0 amide bonds. The van der Waals surface area contributed by atoms with Crippen LogP contribution in [0.15, 0.2) is 36.5 Å². The Hall–Kier alpha value is -0.830. The molecular weight excluding hydrogens is 231 g/mol. The van der Waals surface area contributed by atoms with E-state index in [-0.39, 0.29) is 30.9 Å². The molecule has 0 aliphatic rings. The van der Waals surface area contributed by atoms with Gasteiger partial charge in [-0.15, -0.1) is 24.8 Å². The first-order chi connectivity index (χ1) is 6.29. The van der Waals surface area contributed by atoms with E-state index in [4.69, 9.17) is 5.73 Å².